The molecule has 0 bridgehead atoms. The van der Waals surface area contributed by atoms with Gasteiger partial charge >= 0.3 is 0 Å². The number of carbonyl (C=O) groups excluding carboxylic acids is 1. The smallest absolute Gasteiger partial charge is 0.217 e. The van der Waals surface area contributed by atoms with Gasteiger partial charge in [-0.15, -0.1) is 0 Å². The molecule has 1 aliphatic carbocycles. The van der Waals surface area contributed by atoms with Crippen LogP contribution in [-0.4, -0.2) is 29.9 Å². The molecule has 17 heavy (non-hydrogen) atoms. The fourth-order valence-corrected chi connectivity index (χ4v) is 3.45. The second-order valence-corrected chi connectivity index (χ2v) is 5.82. The molecule has 2 N–H and O–H groups in total. The Labute approximate surface area is 105 Å². The fourth-order valence-electron chi connectivity index (χ4n) is 3.45. The first-order valence-corrected chi connectivity index (χ1v) is 7.28. The van der Waals surface area contributed by atoms with Crippen molar-refractivity contribution in [2.75, 3.05) is 13.1 Å². The Hall–Kier alpha value is -0.570. The summed E-state index contributed by atoms with van der Waals surface area (Å²) >= 11 is 0. The molecule has 3 nitrogen and oxygen atoms in total. The molecule has 3 heteroatoms. The van der Waals surface area contributed by atoms with Gasteiger partial charge in [0.2, 0.25) is 5.91 Å². The van der Waals surface area contributed by atoms with Crippen LogP contribution in [0.5, 0.6) is 0 Å². The second-order valence-electron chi connectivity index (χ2n) is 5.82. The van der Waals surface area contributed by atoms with Gasteiger partial charge in [0.05, 0.1) is 0 Å². The number of likely N-dealkylation sites (tertiary alicyclic amines) is 1. The minimum atomic E-state index is -0.130. The molecule has 1 unspecified atom stereocenters. The van der Waals surface area contributed by atoms with Crippen LogP contribution in [0.3, 0.4) is 0 Å². The van der Waals surface area contributed by atoms with Crippen LogP contribution in [0.4, 0.5) is 0 Å². The number of rotatable bonds is 3. The first kappa shape index (κ1) is 12.9. The van der Waals surface area contributed by atoms with Gasteiger partial charge in [0.15, 0.2) is 0 Å². The van der Waals surface area contributed by atoms with E-state index in [-0.39, 0.29) is 5.91 Å². The van der Waals surface area contributed by atoms with E-state index in [0.717, 1.165) is 12.6 Å². The molecule has 1 aliphatic heterocycles. The molecule has 2 fully saturated rings. The van der Waals surface area contributed by atoms with Gasteiger partial charge in [-0.3, -0.25) is 4.79 Å². The molecule has 2 rings (SSSR count). The molecule has 1 amide bonds. The highest BCUT2D eigenvalue weighted by Gasteiger charge is 2.28. The summed E-state index contributed by atoms with van der Waals surface area (Å²) < 4.78 is 0. The minimum absolute atomic E-state index is 0.130. The Kier molecular flexibility index (Phi) is 4.84. The average molecular weight is 238 g/mol. The number of amides is 1. The Morgan fingerprint density at radius 3 is 2.35 bits per heavy atom. The minimum Gasteiger partial charge on any atom is -0.370 e. The van der Waals surface area contributed by atoms with Crippen molar-refractivity contribution in [3.8, 4) is 0 Å². The van der Waals surface area contributed by atoms with Crippen molar-refractivity contribution in [1.82, 2.24) is 4.90 Å². The first-order chi connectivity index (χ1) is 8.25. The SMILES string of the molecule is NC(=O)CC1CCN(C2CCCCCCC2)C1. The van der Waals surface area contributed by atoms with Crippen molar-refractivity contribution < 1.29 is 4.79 Å². The third-order valence-electron chi connectivity index (χ3n) is 4.40. The van der Waals surface area contributed by atoms with E-state index in [1.807, 2.05) is 0 Å². The number of nitrogens with two attached hydrogens (primary N) is 1. The standard InChI is InChI=1S/C14H26N2O/c15-14(17)10-12-8-9-16(11-12)13-6-4-2-1-3-5-7-13/h12-13H,1-11H2,(H2,15,17). The van der Waals surface area contributed by atoms with Crippen molar-refractivity contribution in [1.29, 1.82) is 0 Å². The van der Waals surface area contributed by atoms with Gasteiger partial charge in [-0.2, -0.15) is 0 Å². The van der Waals surface area contributed by atoms with E-state index >= 15 is 0 Å². The zero-order chi connectivity index (χ0) is 12.1. The molecule has 98 valence electrons. The summed E-state index contributed by atoms with van der Waals surface area (Å²) in [5.41, 5.74) is 5.28. The molecule has 0 aromatic rings. The van der Waals surface area contributed by atoms with Gasteiger partial charge in [-0.25, -0.2) is 0 Å². The molecule has 1 saturated carbocycles. The Morgan fingerprint density at radius 2 is 1.71 bits per heavy atom. The summed E-state index contributed by atoms with van der Waals surface area (Å²) in [6.45, 7) is 2.29. The van der Waals surface area contributed by atoms with E-state index in [4.69, 9.17) is 5.73 Å². The summed E-state index contributed by atoms with van der Waals surface area (Å²) in [4.78, 5) is 13.6. The molecular formula is C14H26N2O. The third kappa shape index (κ3) is 3.98. The zero-order valence-corrected chi connectivity index (χ0v) is 10.9. The first-order valence-electron chi connectivity index (χ1n) is 7.28. The molecule has 0 aromatic carbocycles. The van der Waals surface area contributed by atoms with Crippen molar-refractivity contribution in [3.63, 3.8) is 0 Å². The predicted octanol–water partition coefficient (Wildman–Crippen LogP) is 2.30. The van der Waals surface area contributed by atoms with Crippen LogP contribution in [0.15, 0.2) is 0 Å². The van der Waals surface area contributed by atoms with Crippen molar-refractivity contribution >= 4 is 5.91 Å². The van der Waals surface area contributed by atoms with Crippen LogP contribution in [0.2, 0.25) is 0 Å². The van der Waals surface area contributed by atoms with Crippen LogP contribution in [-0.2, 0) is 4.79 Å². The maximum Gasteiger partial charge on any atom is 0.217 e. The van der Waals surface area contributed by atoms with E-state index in [2.05, 4.69) is 4.90 Å². The Balaban J connectivity index is 1.79. The summed E-state index contributed by atoms with van der Waals surface area (Å²) in [5.74, 6) is 0.396. The molecule has 0 radical (unpaired) electrons. The molecule has 0 spiro atoms. The molecule has 1 atom stereocenters. The predicted molar refractivity (Wildman–Crippen MR) is 69.6 cm³/mol. The lowest BCUT2D eigenvalue weighted by molar-refractivity contribution is -0.118. The van der Waals surface area contributed by atoms with Crippen LogP contribution in [0.25, 0.3) is 0 Å². The number of hydrogen-bond donors (Lipinski definition) is 1. The van der Waals surface area contributed by atoms with E-state index in [0.29, 0.717) is 12.3 Å². The molecule has 1 saturated heterocycles. The van der Waals surface area contributed by atoms with Gasteiger partial charge in [0.25, 0.3) is 0 Å². The topological polar surface area (TPSA) is 46.3 Å². The Bertz CT molecular complexity index is 247. The average Bonchev–Trinajstić information content (AvgIpc) is 2.64. The van der Waals surface area contributed by atoms with E-state index in [9.17, 15) is 4.79 Å². The van der Waals surface area contributed by atoms with Gasteiger partial charge in [-0.05, 0) is 31.7 Å². The third-order valence-corrected chi connectivity index (χ3v) is 4.40. The second kappa shape index (κ2) is 6.39. The van der Waals surface area contributed by atoms with Crippen LogP contribution in [0.1, 0.15) is 57.8 Å². The zero-order valence-electron chi connectivity index (χ0n) is 10.9. The maximum absolute atomic E-state index is 10.9. The molecule has 0 aromatic heterocycles. The van der Waals surface area contributed by atoms with E-state index < -0.39 is 0 Å². The van der Waals surface area contributed by atoms with Crippen LogP contribution >= 0.6 is 0 Å². The van der Waals surface area contributed by atoms with E-state index in [1.54, 1.807) is 0 Å². The highest BCUT2D eigenvalue weighted by atomic mass is 16.1. The lowest BCUT2D eigenvalue weighted by Gasteiger charge is -2.29. The van der Waals surface area contributed by atoms with Gasteiger partial charge < -0.3 is 10.6 Å². The fraction of sp³-hybridized carbons (Fsp3) is 0.929. The number of carbonyl (C=O) groups is 1. The van der Waals surface area contributed by atoms with Crippen molar-refractivity contribution in [2.45, 2.75) is 63.8 Å². The Morgan fingerprint density at radius 1 is 1.06 bits per heavy atom. The molecular weight excluding hydrogens is 212 g/mol. The van der Waals surface area contributed by atoms with Gasteiger partial charge in [0.1, 0.15) is 0 Å². The van der Waals surface area contributed by atoms with E-state index in [1.165, 1.54) is 57.9 Å². The lowest BCUT2D eigenvalue weighted by atomic mass is 9.96. The van der Waals surface area contributed by atoms with Crippen molar-refractivity contribution in [2.24, 2.45) is 11.7 Å². The van der Waals surface area contributed by atoms with Crippen LogP contribution in [0, 0.1) is 5.92 Å². The summed E-state index contributed by atoms with van der Waals surface area (Å²) in [6, 6.07) is 0.785. The number of primary amides is 1. The summed E-state index contributed by atoms with van der Waals surface area (Å²) in [6.07, 6.45) is 11.5. The van der Waals surface area contributed by atoms with Crippen LogP contribution < -0.4 is 5.73 Å². The maximum atomic E-state index is 10.9. The monoisotopic (exact) mass is 238 g/mol. The lowest BCUT2D eigenvalue weighted by Crippen LogP contribution is -2.34. The van der Waals surface area contributed by atoms with Crippen molar-refractivity contribution in [3.05, 3.63) is 0 Å². The van der Waals surface area contributed by atoms with Gasteiger partial charge in [-0.1, -0.05) is 32.1 Å². The highest BCUT2D eigenvalue weighted by molar-refractivity contribution is 5.74. The van der Waals surface area contributed by atoms with Gasteiger partial charge in [0, 0.05) is 19.0 Å². The summed E-state index contributed by atoms with van der Waals surface area (Å²) in [7, 11) is 0. The number of hydrogen-bond acceptors (Lipinski definition) is 2. The normalized spacial score (nSPS) is 28.8. The summed E-state index contributed by atoms with van der Waals surface area (Å²) in [5, 5.41) is 0. The highest BCUT2D eigenvalue weighted by Crippen LogP contribution is 2.27. The molecule has 1 heterocycles. The molecule has 2 aliphatic rings. The quantitative estimate of drug-likeness (QED) is 0.820. The largest absolute Gasteiger partial charge is 0.370 e. The number of nitrogens with zero attached hydrogens (tertiary/aromatic N) is 1.